The summed E-state index contributed by atoms with van der Waals surface area (Å²) in [6.07, 6.45) is -2.44. The van der Waals surface area contributed by atoms with Crippen LogP contribution in [0.4, 0.5) is 13.2 Å². The summed E-state index contributed by atoms with van der Waals surface area (Å²) in [5.41, 5.74) is 0.0568. The van der Waals surface area contributed by atoms with E-state index < -0.39 is 11.7 Å². The van der Waals surface area contributed by atoms with Gasteiger partial charge in [0.2, 0.25) is 0 Å². The minimum atomic E-state index is -4.27. The molecule has 0 bridgehead atoms. The second-order valence-corrected chi connectivity index (χ2v) is 4.89. The molecule has 0 atom stereocenters. The number of rotatable bonds is 7. The number of thioether (sulfide) groups is 1. The fourth-order valence-electron chi connectivity index (χ4n) is 1.40. The number of hydrogen-bond donors (Lipinski definition) is 1. The van der Waals surface area contributed by atoms with Crippen molar-refractivity contribution in [1.82, 2.24) is 5.32 Å². The third kappa shape index (κ3) is 5.60. The van der Waals surface area contributed by atoms with Crippen LogP contribution in [0.15, 0.2) is 36.9 Å². The van der Waals surface area contributed by atoms with Crippen LogP contribution in [0, 0.1) is 0 Å². The van der Waals surface area contributed by atoms with E-state index >= 15 is 0 Å². The first kappa shape index (κ1) is 15.1. The summed E-state index contributed by atoms with van der Waals surface area (Å²) in [6.45, 7) is 4.84. The van der Waals surface area contributed by atoms with E-state index in [0.717, 1.165) is 24.1 Å². The summed E-state index contributed by atoms with van der Waals surface area (Å²) in [7, 11) is 0. The van der Waals surface area contributed by atoms with Gasteiger partial charge in [0.25, 0.3) is 0 Å². The van der Waals surface area contributed by atoms with Crippen LogP contribution in [0.2, 0.25) is 0 Å². The molecule has 5 heteroatoms. The second-order valence-electron chi connectivity index (χ2n) is 3.74. The summed E-state index contributed by atoms with van der Waals surface area (Å²) in [4.78, 5) is 0. The third-order valence-corrected chi connectivity index (χ3v) is 3.21. The molecule has 0 heterocycles. The maximum Gasteiger partial charge on any atom is 0.416 e. The van der Waals surface area contributed by atoms with E-state index in [1.165, 1.54) is 12.1 Å². The van der Waals surface area contributed by atoms with Gasteiger partial charge in [0.1, 0.15) is 0 Å². The molecule has 0 aliphatic heterocycles. The number of nitrogens with one attached hydrogen (secondary N) is 1. The largest absolute Gasteiger partial charge is 0.416 e. The van der Waals surface area contributed by atoms with Crippen LogP contribution in [0.5, 0.6) is 0 Å². The Labute approximate surface area is 109 Å². The Morgan fingerprint density at radius 2 is 2.11 bits per heavy atom. The van der Waals surface area contributed by atoms with Crippen LogP contribution >= 0.6 is 11.8 Å². The van der Waals surface area contributed by atoms with Crippen molar-refractivity contribution in [3.05, 3.63) is 48.0 Å². The Morgan fingerprint density at radius 3 is 2.78 bits per heavy atom. The number of hydrogen-bond acceptors (Lipinski definition) is 2. The number of halogens is 3. The zero-order valence-electron chi connectivity index (χ0n) is 9.96. The predicted molar refractivity (Wildman–Crippen MR) is 70.7 cm³/mol. The van der Waals surface area contributed by atoms with Gasteiger partial charge in [-0.2, -0.15) is 24.9 Å². The quantitative estimate of drug-likeness (QED) is 0.601. The minimum absolute atomic E-state index is 0.457. The van der Waals surface area contributed by atoms with E-state index in [2.05, 4.69) is 11.9 Å². The molecule has 100 valence electrons. The van der Waals surface area contributed by atoms with Gasteiger partial charge in [0, 0.05) is 24.6 Å². The highest BCUT2D eigenvalue weighted by atomic mass is 32.2. The van der Waals surface area contributed by atoms with Crippen LogP contribution < -0.4 is 5.32 Å². The van der Waals surface area contributed by atoms with Gasteiger partial charge in [-0.25, -0.2) is 0 Å². The van der Waals surface area contributed by atoms with Gasteiger partial charge < -0.3 is 5.32 Å². The molecule has 0 fully saturated rings. The van der Waals surface area contributed by atoms with Crippen molar-refractivity contribution in [3.63, 3.8) is 0 Å². The maximum atomic E-state index is 12.5. The van der Waals surface area contributed by atoms with Crippen LogP contribution in [0.3, 0.4) is 0 Å². The Morgan fingerprint density at radius 1 is 1.33 bits per heavy atom. The molecule has 0 aliphatic carbocycles. The Bertz CT molecular complexity index is 377. The normalized spacial score (nSPS) is 11.5. The van der Waals surface area contributed by atoms with E-state index in [4.69, 9.17) is 0 Å². The lowest BCUT2D eigenvalue weighted by atomic mass is 10.1. The molecule has 18 heavy (non-hydrogen) atoms. The molecular formula is C13H16F3NS. The molecule has 0 amide bonds. The average molecular weight is 275 g/mol. The molecule has 1 aromatic carbocycles. The lowest BCUT2D eigenvalue weighted by molar-refractivity contribution is -0.137. The third-order valence-electron chi connectivity index (χ3n) is 2.24. The minimum Gasteiger partial charge on any atom is -0.312 e. The van der Waals surface area contributed by atoms with Crippen molar-refractivity contribution in [3.8, 4) is 0 Å². The highest BCUT2D eigenvalue weighted by molar-refractivity contribution is 7.99. The van der Waals surface area contributed by atoms with Crippen molar-refractivity contribution in [1.29, 1.82) is 0 Å². The second kappa shape index (κ2) is 7.48. The first-order chi connectivity index (χ1) is 8.54. The summed E-state index contributed by atoms with van der Waals surface area (Å²) in [6, 6.07) is 5.40. The molecule has 1 nitrogen and oxygen atoms in total. The van der Waals surface area contributed by atoms with Crippen LogP contribution in [-0.2, 0) is 12.7 Å². The average Bonchev–Trinajstić information content (AvgIpc) is 2.33. The molecule has 1 aromatic rings. The van der Waals surface area contributed by atoms with Gasteiger partial charge >= 0.3 is 6.18 Å². The smallest absolute Gasteiger partial charge is 0.312 e. The molecule has 0 spiro atoms. The van der Waals surface area contributed by atoms with E-state index in [1.54, 1.807) is 17.8 Å². The molecule has 0 unspecified atom stereocenters. The predicted octanol–water partition coefficient (Wildman–Crippen LogP) is 3.71. The SMILES string of the molecule is C=CCSCCNCc1cccc(C(F)(F)F)c1. The summed E-state index contributed by atoms with van der Waals surface area (Å²) in [5, 5.41) is 3.12. The van der Waals surface area contributed by atoms with Gasteiger partial charge in [-0.15, -0.1) is 6.58 Å². The van der Waals surface area contributed by atoms with Crippen LogP contribution in [-0.4, -0.2) is 18.1 Å². The fourth-order valence-corrected chi connectivity index (χ4v) is 2.02. The standard InChI is InChI=1S/C13H16F3NS/c1-2-7-18-8-6-17-10-11-4-3-5-12(9-11)13(14,15)16/h2-5,9,17H,1,6-8,10H2. The molecule has 0 aromatic heterocycles. The molecule has 0 aliphatic rings. The van der Waals surface area contributed by atoms with E-state index in [1.807, 2.05) is 6.08 Å². The highest BCUT2D eigenvalue weighted by Crippen LogP contribution is 2.29. The van der Waals surface area contributed by atoms with Gasteiger partial charge in [-0.1, -0.05) is 24.3 Å². The Hall–Kier alpha value is -0.940. The van der Waals surface area contributed by atoms with Crippen molar-refractivity contribution in [2.45, 2.75) is 12.7 Å². The van der Waals surface area contributed by atoms with Gasteiger partial charge in [-0.3, -0.25) is 0 Å². The fraction of sp³-hybridized carbons (Fsp3) is 0.385. The maximum absolute atomic E-state index is 12.5. The van der Waals surface area contributed by atoms with E-state index in [9.17, 15) is 13.2 Å². The summed E-state index contributed by atoms with van der Waals surface area (Å²) >= 11 is 1.74. The molecule has 0 saturated heterocycles. The molecule has 1 rings (SSSR count). The summed E-state index contributed by atoms with van der Waals surface area (Å²) in [5.74, 6) is 1.82. The van der Waals surface area contributed by atoms with Crippen LogP contribution in [0.25, 0.3) is 0 Å². The lowest BCUT2D eigenvalue weighted by Gasteiger charge is -2.09. The van der Waals surface area contributed by atoms with Gasteiger partial charge in [-0.05, 0) is 11.6 Å². The first-order valence-corrected chi connectivity index (χ1v) is 6.75. The van der Waals surface area contributed by atoms with Crippen LogP contribution in [0.1, 0.15) is 11.1 Å². The van der Waals surface area contributed by atoms with E-state index in [-0.39, 0.29) is 0 Å². The van der Waals surface area contributed by atoms with Crippen molar-refractivity contribution in [2.24, 2.45) is 0 Å². The lowest BCUT2D eigenvalue weighted by Crippen LogP contribution is -2.17. The Kier molecular flexibility index (Phi) is 6.29. The molecule has 0 saturated carbocycles. The molecule has 0 radical (unpaired) electrons. The first-order valence-electron chi connectivity index (χ1n) is 5.59. The van der Waals surface area contributed by atoms with Gasteiger partial charge in [0.15, 0.2) is 0 Å². The van der Waals surface area contributed by atoms with Crippen molar-refractivity contribution in [2.75, 3.05) is 18.1 Å². The van der Waals surface area contributed by atoms with E-state index in [0.29, 0.717) is 12.1 Å². The van der Waals surface area contributed by atoms with Crippen molar-refractivity contribution < 1.29 is 13.2 Å². The molecular weight excluding hydrogens is 259 g/mol. The highest BCUT2D eigenvalue weighted by Gasteiger charge is 2.30. The topological polar surface area (TPSA) is 12.0 Å². The van der Waals surface area contributed by atoms with Crippen molar-refractivity contribution >= 4 is 11.8 Å². The summed E-state index contributed by atoms with van der Waals surface area (Å²) < 4.78 is 37.4. The zero-order valence-corrected chi connectivity index (χ0v) is 10.8. The molecule has 1 N–H and O–H groups in total. The Balaban J connectivity index is 2.36. The zero-order chi connectivity index (χ0) is 13.4. The number of alkyl halides is 3. The monoisotopic (exact) mass is 275 g/mol. The number of benzene rings is 1. The van der Waals surface area contributed by atoms with Gasteiger partial charge in [0.05, 0.1) is 5.56 Å².